The average molecular weight is 607 g/mol. The fraction of sp³-hybridized carbons (Fsp3) is 0.853. The lowest BCUT2D eigenvalue weighted by Gasteiger charge is -2.38. The predicted octanol–water partition coefficient (Wildman–Crippen LogP) is 4.27. The summed E-state index contributed by atoms with van der Waals surface area (Å²) >= 11 is 0. The fourth-order valence-electron chi connectivity index (χ4n) is 7.82. The number of aliphatic hydroxyl groups excluding tert-OH is 2. The van der Waals surface area contributed by atoms with Gasteiger partial charge in [0.25, 0.3) is 0 Å². The molecule has 0 saturated carbocycles. The maximum Gasteiger partial charge on any atom is 0.158 e. The Bertz CT molecular complexity index is 948. The molecule has 12 atom stereocenters. The molecule has 0 aliphatic carbocycles. The first-order chi connectivity index (χ1) is 20.7. The molecule has 2 N–H and O–H groups in total. The summed E-state index contributed by atoms with van der Waals surface area (Å²) in [5, 5.41) is 22.7. The minimum absolute atomic E-state index is 0.0153. The largest absolute Gasteiger partial charge is 0.393 e. The number of fused-ring (bicyclic) bond motifs is 1. The molecule has 5 aliphatic rings. The van der Waals surface area contributed by atoms with E-state index in [0.717, 1.165) is 49.9 Å². The Hall–Kier alpha value is -1.17. The van der Waals surface area contributed by atoms with Crippen LogP contribution in [0.2, 0.25) is 0 Å². The van der Waals surface area contributed by atoms with Crippen molar-refractivity contribution in [2.75, 3.05) is 26.4 Å². The average Bonchev–Trinajstić information content (AvgIpc) is 3.61. The van der Waals surface area contributed by atoms with E-state index in [4.69, 9.17) is 28.4 Å². The van der Waals surface area contributed by atoms with Crippen molar-refractivity contribution in [2.24, 2.45) is 17.8 Å². The molecule has 5 rings (SSSR count). The molecule has 9 nitrogen and oxygen atoms in total. The predicted molar refractivity (Wildman–Crippen MR) is 160 cm³/mol. The van der Waals surface area contributed by atoms with Crippen molar-refractivity contribution in [2.45, 2.75) is 140 Å². The number of Topliss-reactive ketones (excluding diaryl/α,β-unsaturated/α-hetero) is 1. The molecule has 244 valence electrons. The molecular formula is C34H54O9. The zero-order chi connectivity index (χ0) is 30.5. The monoisotopic (exact) mass is 606 g/mol. The van der Waals surface area contributed by atoms with Gasteiger partial charge in [-0.15, -0.1) is 0 Å². The van der Waals surface area contributed by atoms with Gasteiger partial charge in [0.05, 0.1) is 43.2 Å². The molecule has 0 aromatic heterocycles. The van der Waals surface area contributed by atoms with Crippen molar-refractivity contribution in [1.82, 2.24) is 0 Å². The third-order valence-electron chi connectivity index (χ3n) is 10.3. The van der Waals surface area contributed by atoms with Gasteiger partial charge in [-0.05, 0) is 87.2 Å². The van der Waals surface area contributed by atoms with Crippen molar-refractivity contribution in [3.63, 3.8) is 0 Å². The van der Waals surface area contributed by atoms with Gasteiger partial charge in [-0.2, -0.15) is 0 Å². The molecule has 9 heteroatoms. The smallest absolute Gasteiger partial charge is 0.158 e. The van der Waals surface area contributed by atoms with Gasteiger partial charge in [-0.1, -0.05) is 20.1 Å². The van der Waals surface area contributed by atoms with Crippen LogP contribution in [-0.4, -0.2) is 97.5 Å². The third kappa shape index (κ3) is 8.55. The number of hydrogen-bond donors (Lipinski definition) is 2. The lowest BCUT2D eigenvalue weighted by atomic mass is 9.75. The van der Waals surface area contributed by atoms with Crippen LogP contribution in [0.15, 0.2) is 24.3 Å². The Morgan fingerprint density at radius 3 is 2.51 bits per heavy atom. The van der Waals surface area contributed by atoms with Gasteiger partial charge >= 0.3 is 0 Å². The Morgan fingerprint density at radius 1 is 0.977 bits per heavy atom. The molecule has 0 amide bonds. The quantitative estimate of drug-likeness (QED) is 0.315. The first-order valence-corrected chi connectivity index (χ1v) is 16.7. The number of rotatable bonds is 12. The standard InChI is InChI=1S/C34H54O9/c1-5-30-20(2)14-26(41-30)17-28(27-11-13-38-18-21(27)3)29(36)7-9-32-40-22(4)33(37)34-31(43-32)8-6-25(42-34)16-24(35)15-23-10-12-39-19-23/h22-23,25-34,36-37H,2-3,5-19H2,1,4H3/t22?,23?,25?,26-,27-,28?,29+,30+,31+,32?,33-,34?/m1/s1. The van der Waals surface area contributed by atoms with E-state index < -0.39 is 30.7 Å². The minimum Gasteiger partial charge on any atom is -0.393 e. The fourth-order valence-corrected chi connectivity index (χ4v) is 7.82. The lowest BCUT2D eigenvalue weighted by Crippen LogP contribution is -2.49. The summed E-state index contributed by atoms with van der Waals surface area (Å²) in [6.07, 6.45) is 4.01. The zero-order valence-corrected chi connectivity index (χ0v) is 26.2. The number of aliphatic hydroxyl groups is 2. The van der Waals surface area contributed by atoms with Gasteiger partial charge in [-0.3, -0.25) is 4.79 Å². The van der Waals surface area contributed by atoms with Gasteiger partial charge in [0.15, 0.2) is 6.29 Å². The number of hydrogen-bond acceptors (Lipinski definition) is 9. The molecule has 43 heavy (non-hydrogen) atoms. The van der Waals surface area contributed by atoms with Gasteiger partial charge in [-0.25, -0.2) is 0 Å². The Kier molecular flexibility index (Phi) is 11.9. The molecule has 0 bridgehead atoms. The topological polar surface area (TPSA) is 113 Å². The molecule has 5 heterocycles. The highest BCUT2D eigenvalue weighted by Gasteiger charge is 2.45. The van der Waals surface area contributed by atoms with Crippen molar-refractivity contribution >= 4 is 5.78 Å². The van der Waals surface area contributed by atoms with Crippen molar-refractivity contribution in [3.05, 3.63) is 24.3 Å². The van der Waals surface area contributed by atoms with Crippen LogP contribution in [0, 0.1) is 17.8 Å². The second kappa shape index (κ2) is 15.4. The van der Waals surface area contributed by atoms with E-state index in [9.17, 15) is 15.0 Å². The van der Waals surface area contributed by atoms with E-state index in [2.05, 4.69) is 20.1 Å². The lowest BCUT2D eigenvalue weighted by molar-refractivity contribution is -0.206. The molecule has 0 aromatic rings. The Labute approximate surface area is 257 Å². The van der Waals surface area contributed by atoms with Gasteiger partial charge in [0, 0.05) is 39.1 Å². The van der Waals surface area contributed by atoms with E-state index in [-0.39, 0.29) is 42.0 Å². The van der Waals surface area contributed by atoms with Crippen LogP contribution in [0.4, 0.5) is 0 Å². The molecular weight excluding hydrogens is 552 g/mol. The summed E-state index contributed by atoms with van der Waals surface area (Å²) in [4.78, 5) is 12.7. The first kappa shape index (κ1) is 33.2. The second-order valence-corrected chi connectivity index (χ2v) is 13.6. The molecule has 0 spiro atoms. The van der Waals surface area contributed by atoms with Crippen molar-refractivity contribution < 1.29 is 43.4 Å². The molecule has 6 unspecified atom stereocenters. The van der Waals surface area contributed by atoms with Crippen LogP contribution in [0.3, 0.4) is 0 Å². The third-order valence-corrected chi connectivity index (χ3v) is 10.3. The summed E-state index contributed by atoms with van der Waals surface area (Å²) in [5.74, 6) is 0.648. The summed E-state index contributed by atoms with van der Waals surface area (Å²) < 4.78 is 36.2. The second-order valence-electron chi connectivity index (χ2n) is 13.6. The minimum atomic E-state index is -0.863. The summed E-state index contributed by atoms with van der Waals surface area (Å²) in [6, 6.07) is 0. The zero-order valence-electron chi connectivity index (χ0n) is 26.2. The summed E-state index contributed by atoms with van der Waals surface area (Å²) in [6.45, 7) is 15.0. The van der Waals surface area contributed by atoms with Crippen LogP contribution in [0.5, 0.6) is 0 Å². The maximum atomic E-state index is 12.7. The highest BCUT2D eigenvalue weighted by molar-refractivity contribution is 5.79. The van der Waals surface area contributed by atoms with Crippen LogP contribution < -0.4 is 0 Å². The Balaban J connectivity index is 1.16. The van der Waals surface area contributed by atoms with Crippen LogP contribution in [0.25, 0.3) is 0 Å². The highest BCUT2D eigenvalue weighted by Crippen LogP contribution is 2.39. The van der Waals surface area contributed by atoms with Gasteiger partial charge < -0.3 is 38.6 Å². The van der Waals surface area contributed by atoms with Gasteiger partial charge in [0.2, 0.25) is 0 Å². The molecule has 5 fully saturated rings. The number of carbonyl (C=O) groups excluding carboxylic acids is 1. The number of ketones is 1. The van der Waals surface area contributed by atoms with E-state index in [1.807, 2.05) is 6.92 Å². The van der Waals surface area contributed by atoms with E-state index in [0.29, 0.717) is 64.3 Å². The van der Waals surface area contributed by atoms with Crippen LogP contribution >= 0.6 is 0 Å². The van der Waals surface area contributed by atoms with E-state index in [1.54, 1.807) is 0 Å². The first-order valence-electron chi connectivity index (χ1n) is 16.7. The number of carbonyl (C=O) groups is 1. The van der Waals surface area contributed by atoms with Crippen LogP contribution in [0.1, 0.15) is 84.5 Å². The maximum absolute atomic E-state index is 12.7. The molecule has 5 aliphatic heterocycles. The van der Waals surface area contributed by atoms with Gasteiger partial charge in [0.1, 0.15) is 18.0 Å². The van der Waals surface area contributed by atoms with E-state index in [1.165, 1.54) is 0 Å². The van der Waals surface area contributed by atoms with E-state index >= 15 is 0 Å². The van der Waals surface area contributed by atoms with Crippen LogP contribution in [-0.2, 0) is 33.2 Å². The Morgan fingerprint density at radius 2 is 1.79 bits per heavy atom. The normalized spacial score (nSPS) is 40.2. The van der Waals surface area contributed by atoms with Crippen molar-refractivity contribution in [1.29, 1.82) is 0 Å². The molecule has 0 radical (unpaired) electrons. The SMILES string of the molecule is C=C1C[C@H](CC([C@@H]2CCOCC2=C)[C@@H](O)CCC2OC(C)[C@@H](O)C3OC(CC(=O)CC4CCOC4)CC[C@@H]3O2)O[C@H]1CC. The highest BCUT2D eigenvalue weighted by atomic mass is 16.7. The molecule has 0 aromatic carbocycles. The summed E-state index contributed by atoms with van der Waals surface area (Å²) in [5.41, 5.74) is 2.17. The number of ether oxygens (including phenoxy) is 6. The van der Waals surface area contributed by atoms with Crippen molar-refractivity contribution in [3.8, 4) is 0 Å². The molecule has 5 saturated heterocycles. The summed E-state index contributed by atoms with van der Waals surface area (Å²) in [7, 11) is 0.